The first-order valence-electron chi connectivity index (χ1n) is 5.01. The first kappa shape index (κ1) is 12.8. The highest BCUT2D eigenvalue weighted by atomic mass is 32.2. The molecule has 1 amide bonds. The normalized spacial score (nSPS) is 15.2. The SMILES string of the molecule is C#CCN1C(=O)CSc2ccc(C(F)(F)F)cc21. The molecule has 0 spiro atoms. The number of thioether (sulfide) groups is 1. The Balaban J connectivity index is 2.49. The van der Waals surface area contributed by atoms with Gasteiger partial charge in [-0.2, -0.15) is 13.2 Å². The van der Waals surface area contributed by atoms with Crippen LogP contribution in [0.3, 0.4) is 0 Å². The fourth-order valence-electron chi connectivity index (χ4n) is 1.64. The van der Waals surface area contributed by atoms with Crippen LogP contribution in [0.25, 0.3) is 0 Å². The maximum Gasteiger partial charge on any atom is 0.416 e. The lowest BCUT2D eigenvalue weighted by Gasteiger charge is -2.28. The van der Waals surface area contributed by atoms with E-state index in [2.05, 4.69) is 5.92 Å². The number of hydrogen-bond acceptors (Lipinski definition) is 2. The van der Waals surface area contributed by atoms with Crippen molar-refractivity contribution in [3.05, 3.63) is 23.8 Å². The molecule has 1 heterocycles. The summed E-state index contributed by atoms with van der Waals surface area (Å²) in [4.78, 5) is 13.5. The molecule has 0 aliphatic carbocycles. The van der Waals surface area contributed by atoms with Gasteiger partial charge in [-0.15, -0.1) is 18.2 Å². The molecule has 0 aromatic heterocycles. The second-order valence-electron chi connectivity index (χ2n) is 3.65. The zero-order valence-corrected chi connectivity index (χ0v) is 9.94. The summed E-state index contributed by atoms with van der Waals surface area (Å²) in [6.45, 7) is -0.0201. The number of fused-ring (bicyclic) bond motifs is 1. The molecule has 2 nitrogen and oxygen atoms in total. The fourth-order valence-corrected chi connectivity index (χ4v) is 2.56. The first-order chi connectivity index (χ1) is 8.43. The third-order valence-electron chi connectivity index (χ3n) is 2.48. The van der Waals surface area contributed by atoms with Crippen molar-refractivity contribution in [1.82, 2.24) is 0 Å². The van der Waals surface area contributed by atoms with Crippen LogP contribution in [0.4, 0.5) is 18.9 Å². The number of carbonyl (C=O) groups excluding carboxylic acids is 1. The number of terminal acetylenes is 1. The lowest BCUT2D eigenvalue weighted by atomic mass is 10.1. The van der Waals surface area contributed by atoms with E-state index in [1.54, 1.807) is 0 Å². The minimum Gasteiger partial charge on any atom is -0.299 e. The smallest absolute Gasteiger partial charge is 0.299 e. The second kappa shape index (κ2) is 4.58. The van der Waals surface area contributed by atoms with E-state index < -0.39 is 11.7 Å². The molecule has 1 aliphatic rings. The molecule has 94 valence electrons. The van der Waals surface area contributed by atoms with Crippen molar-refractivity contribution in [3.63, 3.8) is 0 Å². The molecule has 0 saturated carbocycles. The number of rotatable bonds is 1. The number of nitrogens with zero attached hydrogens (tertiary/aromatic N) is 1. The number of benzene rings is 1. The summed E-state index contributed by atoms with van der Waals surface area (Å²) in [5, 5.41) is 0. The summed E-state index contributed by atoms with van der Waals surface area (Å²) in [5.74, 6) is 2.20. The van der Waals surface area contributed by atoms with Gasteiger partial charge in [-0.25, -0.2) is 0 Å². The Hall–Kier alpha value is -1.61. The summed E-state index contributed by atoms with van der Waals surface area (Å²) in [6.07, 6.45) is 0.701. The third kappa shape index (κ3) is 2.31. The molecular formula is C12H8F3NOS. The molecule has 0 unspecified atom stereocenters. The summed E-state index contributed by atoms with van der Waals surface area (Å²) in [5.41, 5.74) is -0.539. The van der Waals surface area contributed by atoms with Gasteiger partial charge in [0.1, 0.15) is 0 Å². The summed E-state index contributed by atoms with van der Waals surface area (Å²) in [7, 11) is 0. The van der Waals surface area contributed by atoms with Gasteiger partial charge in [-0.05, 0) is 18.2 Å². The molecule has 0 bridgehead atoms. The number of alkyl halides is 3. The van der Waals surface area contributed by atoms with Crippen LogP contribution in [0.15, 0.2) is 23.1 Å². The monoisotopic (exact) mass is 271 g/mol. The highest BCUT2D eigenvalue weighted by Gasteiger charge is 2.33. The van der Waals surface area contributed by atoms with Gasteiger partial charge in [0, 0.05) is 4.90 Å². The predicted octanol–water partition coefficient (Wildman–Crippen LogP) is 2.78. The van der Waals surface area contributed by atoms with E-state index in [9.17, 15) is 18.0 Å². The Morgan fingerprint density at radius 3 is 2.78 bits per heavy atom. The average molecular weight is 271 g/mol. The summed E-state index contributed by atoms with van der Waals surface area (Å²) >= 11 is 1.22. The molecule has 0 radical (unpaired) electrons. The maximum absolute atomic E-state index is 12.6. The van der Waals surface area contributed by atoms with Crippen LogP contribution in [-0.2, 0) is 11.0 Å². The van der Waals surface area contributed by atoms with Crippen molar-refractivity contribution in [2.75, 3.05) is 17.2 Å². The van der Waals surface area contributed by atoms with Gasteiger partial charge in [0.05, 0.1) is 23.5 Å². The molecule has 0 saturated heterocycles. The zero-order valence-electron chi connectivity index (χ0n) is 9.12. The Morgan fingerprint density at radius 2 is 2.17 bits per heavy atom. The van der Waals surface area contributed by atoms with Gasteiger partial charge in [-0.1, -0.05) is 5.92 Å². The van der Waals surface area contributed by atoms with Crippen LogP contribution in [0.5, 0.6) is 0 Å². The number of hydrogen-bond donors (Lipinski definition) is 0. The summed E-state index contributed by atoms with van der Waals surface area (Å²) < 4.78 is 37.9. The Kier molecular flexibility index (Phi) is 3.26. The topological polar surface area (TPSA) is 20.3 Å². The van der Waals surface area contributed by atoms with Crippen LogP contribution < -0.4 is 4.90 Å². The van der Waals surface area contributed by atoms with Gasteiger partial charge in [0.25, 0.3) is 0 Å². The minimum absolute atomic E-state index is 0.0201. The van der Waals surface area contributed by atoms with Crippen LogP contribution in [0.1, 0.15) is 5.56 Å². The molecule has 0 atom stereocenters. The maximum atomic E-state index is 12.6. The lowest BCUT2D eigenvalue weighted by Crippen LogP contribution is -2.35. The Morgan fingerprint density at radius 1 is 1.44 bits per heavy atom. The van der Waals surface area contributed by atoms with E-state index in [4.69, 9.17) is 6.42 Å². The fraction of sp³-hybridized carbons (Fsp3) is 0.250. The van der Waals surface area contributed by atoms with Gasteiger partial charge >= 0.3 is 6.18 Å². The second-order valence-corrected chi connectivity index (χ2v) is 4.67. The lowest BCUT2D eigenvalue weighted by molar-refractivity contribution is -0.137. The number of anilines is 1. The minimum atomic E-state index is -4.43. The molecule has 1 aromatic rings. The molecule has 6 heteroatoms. The number of amides is 1. The molecular weight excluding hydrogens is 263 g/mol. The van der Waals surface area contributed by atoms with E-state index in [-0.39, 0.29) is 23.9 Å². The van der Waals surface area contributed by atoms with E-state index in [1.165, 1.54) is 22.7 Å². The van der Waals surface area contributed by atoms with Crippen molar-refractivity contribution in [1.29, 1.82) is 0 Å². The molecule has 1 aliphatic heterocycles. The largest absolute Gasteiger partial charge is 0.416 e. The van der Waals surface area contributed by atoms with E-state index in [0.29, 0.717) is 4.90 Å². The quantitative estimate of drug-likeness (QED) is 0.732. The molecule has 0 fully saturated rings. The highest BCUT2D eigenvalue weighted by molar-refractivity contribution is 8.00. The third-order valence-corrected chi connectivity index (χ3v) is 3.53. The van der Waals surface area contributed by atoms with E-state index in [0.717, 1.165) is 12.1 Å². The molecule has 1 aromatic carbocycles. The van der Waals surface area contributed by atoms with Crippen molar-refractivity contribution < 1.29 is 18.0 Å². The number of carbonyl (C=O) groups is 1. The average Bonchev–Trinajstić information content (AvgIpc) is 2.31. The van der Waals surface area contributed by atoms with E-state index >= 15 is 0 Å². The van der Waals surface area contributed by atoms with Crippen molar-refractivity contribution in [2.45, 2.75) is 11.1 Å². The van der Waals surface area contributed by atoms with Gasteiger partial charge < -0.3 is 0 Å². The van der Waals surface area contributed by atoms with Crippen LogP contribution in [0, 0.1) is 12.3 Å². The van der Waals surface area contributed by atoms with Crippen molar-refractivity contribution in [2.24, 2.45) is 0 Å². The van der Waals surface area contributed by atoms with Gasteiger partial charge in [0.15, 0.2) is 0 Å². The zero-order chi connectivity index (χ0) is 13.3. The van der Waals surface area contributed by atoms with Crippen LogP contribution >= 0.6 is 11.8 Å². The van der Waals surface area contributed by atoms with Crippen LogP contribution in [-0.4, -0.2) is 18.2 Å². The molecule has 18 heavy (non-hydrogen) atoms. The van der Waals surface area contributed by atoms with E-state index in [1.807, 2.05) is 0 Å². The van der Waals surface area contributed by atoms with Crippen molar-refractivity contribution >= 4 is 23.4 Å². The van der Waals surface area contributed by atoms with Crippen molar-refractivity contribution in [3.8, 4) is 12.3 Å². The summed E-state index contributed by atoms with van der Waals surface area (Å²) in [6, 6.07) is 3.35. The van der Waals surface area contributed by atoms with Gasteiger partial charge in [-0.3, -0.25) is 9.69 Å². The Labute approximate surface area is 106 Å². The number of halogens is 3. The van der Waals surface area contributed by atoms with Crippen LogP contribution in [0.2, 0.25) is 0 Å². The van der Waals surface area contributed by atoms with Gasteiger partial charge in [0.2, 0.25) is 5.91 Å². The predicted molar refractivity (Wildman–Crippen MR) is 63.4 cm³/mol. The standard InChI is InChI=1S/C12H8F3NOS/c1-2-5-16-9-6-8(12(13,14)15)3-4-10(9)18-7-11(16)17/h1,3-4,6H,5,7H2. The highest BCUT2D eigenvalue weighted by Crippen LogP contribution is 2.39. The first-order valence-corrected chi connectivity index (χ1v) is 6.00. The molecule has 0 N–H and O–H groups in total. The molecule has 2 rings (SSSR count). The Bertz CT molecular complexity index is 533.